The Morgan fingerprint density at radius 3 is 2.87 bits per heavy atom. The van der Waals surface area contributed by atoms with Crippen LogP contribution in [0.2, 0.25) is 0 Å². The SMILES string of the molecule is CCc1[nH]nc(-c2cnccn2)c1CN. The molecule has 0 spiro atoms. The van der Waals surface area contributed by atoms with Crippen LogP contribution < -0.4 is 5.73 Å². The zero-order chi connectivity index (χ0) is 10.7. The van der Waals surface area contributed by atoms with Gasteiger partial charge in [0.25, 0.3) is 0 Å². The van der Waals surface area contributed by atoms with Gasteiger partial charge >= 0.3 is 0 Å². The number of nitrogens with two attached hydrogens (primary N) is 1. The van der Waals surface area contributed by atoms with Crippen LogP contribution in [0, 0.1) is 0 Å². The van der Waals surface area contributed by atoms with Crippen LogP contribution in [0.4, 0.5) is 0 Å². The van der Waals surface area contributed by atoms with Crippen LogP contribution in [0.1, 0.15) is 18.2 Å². The van der Waals surface area contributed by atoms with Gasteiger partial charge in [0, 0.05) is 30.2 Å². The van der Waals surface area contributed by atoms with Crippen LogP contribution in [0.25, 0.3) is 11.4 Å². The standard InChI is InChI=1S/C10H13N5/c1-2-8-7(5-11)10(15-14-8)9-6-12-3-4-13-9/h3-4,6H,2,5,11H2,1H3,(H,14,15). The lowest BCUT2D eigenvalue weighted by Gasteiger charge is -1.99. The van der Waals surface area contributed by atoms with Crippen LogP contribution in [0.5, 0.6) is 0 Å². The molecule has 5 nitrogen and oxygen atoms in total. The molecule has 2 rings (SSSR count). The van der Waals surface area contributed by atoms with Crippen LogP contribution >= 0.6 is 0 Å². The quantitative estimate of drug-likeness (QED) is 0.776. The van der Waals surface area contributed by atoms with E-state index in [0.29, 0.717) is 6.54 Å². The van der Waals surface area contributed by atoms with Gasteiger partial charge in [0.2, 0.25) is 0 Å². The molecule has 0 aliphatic carbocycles. The highest BCUT2D eigenvalue weighted by molar-refractivity contribution is 5.58. The number of hydrogen-bond donors (Lipinski definition) is 2. The van der Waals surface area contributed by atoms with Gasteiger partial charge in [-0.15, -0.1) is 0 Å². The highest BCUT2D eigenvalue weighted by Crippen LogP contribution is 2.20. The maximum Gasteiger partial charge on any atom is 0.117 e. The smallest absolute Gasteiger partial charge is 0.117 e. The first kappa shape index (κ1) is 9.79. The summed E-state index contributed by atoms with van der Waals surface area (Å²) in [6.45, 7) is 2.53. The zero-order valence-electron chi connectivity index (χ0n) is 8.57. The minimum Gasteiger partial charge on any atom is -0.326 e. The topological polar surface area (TPSA) is 80.5 Å². The van der Waals surface area contributed by atoms with Crippen molar-refractivity contribution >= 4 is 0 Å². The number of aromatic nitrogens is 4. The summed E-state index contributed by atoms with van der Waals surface area (Å²) in [6, 6.07) is 0. The zero-order valence-corrected chi connectivity index (χ0v) is 8.57. The molecule has 0 fully saturated rings. The molecular weight excluding hydrogens is 190 g/mol. The number of rotatable bonds is 3. The summed E-state index contributed by atoms with van der Waals surface area (Å²) >= 11 is 0. The van der Waals surface area contributed by atoms with Gasteiger partial charge in [0.05, 0.1) is 6.20 Å². The van der Waals surface area contributed by atoms with E-state index in [1.54, 1.807) is 18.6 Å². The fourth-order valence-electron chi connectivity index (χ4n) is 1.55. The van der Waals surface area contributed by atoms with Gasteiger partial charge < -0.3 is 5.73 Å². The highest BCUT2D eigenvalue weighted by atomic mass is 15.1. The van der Waals surface area contributed by atoms with Gasteiger partial charge in [-0.25, -0.2) is 0 Å². The summed E-state index contributed by atoms with van der Waals surface area (Å²) in [7, 11) is 0. The van der Waals surface area contributed by atoms with Crippen molar-refractivity contribution in [2.24, 2.45) is 5.73 Å². The Morgan fingerprint density at radius 1 is 1.40 bits per heavy atom. The van der Waals surface area contributed by atoms with E-state index < -0.39 is 0 Å². The van der Waals surface area contributed by atoms with Crippen LogP contribution in [0.3, 0.4) is 0 Å². The van der Waals surface area contributed by atoms with E-state index in [4.69, 9.17) is 5.73 Å². The molecule has 0 unspecified atom stereocenters. The molecule has 0 aliphatic rings. The summed E-state index contributed by atoms with van der Waals surface area (Å²) in [4.78, 5) is 8.22. The molecule has 2 aromatic heterocycles. The van der Waals surface area contributed by atoms with E-state index >= 15 is 0 Å². The Labute approximate surface area is 87.8 Å². The van der Waals surface area contributed by atoms with Crippen LogP contribution in [-0.4, -0.2) is 20.2 Å². The number of nitrogens with zero attached hydrogens (tertiary/aromatic N) is 3. The molecule has 0 radical (unpaired) electrons. The van der Waals surface area contributed by atoms with Crippen molar-refractivity contribution in [2.75, 3.05) is 0 Å². The normalized spacial score (nSPS) is 10.5. The van der Waals surface area contributed by atoms with Crippen LogP contribution in [-0.2, 0) is 13.0 Å². The summed E-state index contributed by atoms with van der Waals surface area (Å²) in [5, 5.41) is 7.20. The summed E-state index contributed by atoms with van der Waals surface area (Å²) in [5.74, 6) is 0. The van der Waals surface area contributed by atoms with E-state index in [9.17, 15) is 0 Å². The predicted octanol–water partition coefficient (Wildman–Crippen LogP) is 0.888. The molecule has 0 saturated carbocycles. The Hall–Kier alpha value is -1.75. The fourth-order valence-corrected chi connectivity index (χ4v) is 1.55. The van der Waals surface area contributed by atoms with E-state index in [1.807, 2.05) is 0 Å². The monoisotopic (exact) mass is 203 g/mol. The van der Waals surface area contributed by atoms with Crippen molar-refractivity contribution in [1.29, 1.82) is 0 Å². The Bertz CT molecular complexity index is 434. The number of nitrogens with one attached hydrogen (secondary N) is 1. The van der Waals surface area contributed by atoms with E-state index in [0.717, 1.165) is 29.1 Å². The molecule has 0 aromatic carbocycles. The third kappa shape index (κ3) is 1.73. The third-order valence-electron chi connectivity index (χ3n) is 2.32. The Morgan fingerprint density at radius 2 is 2.27 bits per heavy atom. The first-order valence-corrected chi connectivity index (χ1v) is 4.89. The highest BCUT2D eigenvalue weighted by Gasteiger charge is 2.12. The molecule has 3 N–H and O–H groups in total. The van der Waals surface area contributed by atoms with Crippen molar-refractivity contribution in [2.45, 2.75) is 19.9 Å². The van der Waals surface area contributed by atoms with Crippen LogP contribution in [0.15, 0.2) is 18.6 Å². The van der Waals surface area contributed by atoms with Gasteiger partial charge in [0.1, 0.15) is 11.4 Å². The minimum absolute atomic E-state index is 0.464. The second-order valence-corrected chi connectivity index (χ2v) is 3.18. The summed E-state index contributed by atoms with van der Waals surface area (Å²) in [5.41, 5.74) is 9.36. The first-order chi connectivity index (χ1) is 7.36. The second kappa shape index (κ2) is 4.18. The van der Waals surface area contributed by atoms with E-state index in [2.05, 4.69) is 27.1 Å². The molecular formula is C10H13N5. The lowest BCUT2D eigenvalue weighted by atomic mass is 10.1. The molecule has 78 valence electrons. The fraction of sp³-hybridized carbons (Fsp3) is 0.300. The third-order valence-corrected chi connectivity index (χ3v) is 2.32. The Balaban J connectivity index is 2.49. The summed E-state index contributed by atoms with van der Waals surface area (Å²) < 4.78 is 0. The minimum atomic E-state index is 0.464. The molecule has 0 amide bonds. The van der Waals surface area contributed by atoms with E-state index in [1.165, 1.54) is 0 Å². The van der Waals surface area contributed by atoms with Gasteiger partial charge in [-0.1, -0.05) is 6.92 Å². The molecule has 0 saturated heterocycles. The predicted molar refractivity (Wildman–Crippen MR) is 56.9 cm³/mol. The average Bonchev–Trinajstić information content (AvgIpc) is 2.72. The molecule has 0 atom stereocenters. The lowest BCUT2D eigenvalue weighted by molar-refractivity contribution is 0.948. The van der Waals surface area contributed by atoms with E-state index in [-0.39, 0.29) is 0 Å². The van der Waals surface area contributed by atoms with Gasteiger partial charge in [-0.05, 0) is 6.42 Å². The van der Waals surface area contributed by atoms with Gasteiger partial charge in [0.15, 0.2) is 0 Å². The maximum atomic E-state index is 5.70. The van der Waals surface area contributed by atoms with Gasteiger partial charge in [-0.2, -0.15) is 5.10 Å². The molecule has 2 aromatic rings. The lowest BCUT2D eigenvalue weighted by Crippen LogP contribution is -2.01. The van der Waals surface area contributed by atoms with Crippen molar-refractivity contribution in [3.8, 4) is 11.4 Å². The number of H-pyrrole nitrogens is 1. The molecule has 5 heteroatoms. The maximum absolute atomic E-state index is 5.70. The number of aryl methyl sites for hydroxylation is 1. The average molecular weight is 203 g/mol. The number of aromatic amines is 1. The first-order valence-electron chi connectivity index (χ1n) is 4.89. The molecule has 2 heterocycles. The molecule has 0 aliphatic heterocycles. The van der Waals surface area contributed by atoms with Crippen molar-refractivity contribution in [3.05, 3.63) is 29.8 Å². The Kier molecular flexibility index (Phi) is 2.73. The largest absolute Gasteiger partial charge is 0.326 e. The molecule has 0 bridgehead atoms. The van der Waals surface area contributed by atoms with Crippen molar-refractivity contribution < 1.29 is 0 Å². The van der Waals surface area contributed by atoms with Crippen molar-refractivity contribution in [1.82, 2.24) is 20.2 Å². The number of hydrogen-bond acceptors (Lipinski definition) is 4. The second-order valence-electron chi connectivity index (χ2n) is 3.18. The molecule has 15 heavy (non-hydrogen) atoms. The summed E-state index contributed by atoms with van der Waals surface area (Å²) in [6.07, 6.45) is 5.86. The van der Waals surface area contributed by atoms with Gasteiger partial charge in [-0.3, -0.25) is 15.1 Å². The van der Waals surface area contributed by atoms with Crippen molar-refractivity contribution in [3.63, 3.8) is 0 Å².